The number of benzene rings is 2. The highest BCUT2D eigenvalue weighted by Gasteiger charge is 2.24. The van der Waals surface area contributed by atoms with Crippen molar-refractivity contribution in [1.29, 1.82) is 0 Å². The predicted octanol–water partition coefficient (Wildman–Crippen LogP) is 5.06. The Morgan fingerprint density at radius 1 is 0.966 bits per heavy atom. The van der Waals surface area contributed by atoms with Gasteiger partial charge in [0.15, 0.2) is 0 Å². The lowest BCUT2D eigenvalue weighted by Crippen LogP contribution is -2.26. The van der Waals surface area contributed by atoms with Gasteiger partial charge in [-0.05, 0) is 82.1 Å². The Kier molecular flexibility index (Phi) is 6.35. The van der Waals surface area contributed by atoms with Gasteiger partial charge in [0.1, 0.15) is 17.3 Å². The van der Waals surface area contributed by atoms with Crippen LogP contribution in [0.4, 0.5) is 0 Å². The molecule has 0 saturated carbocycles. The standard InChI is InChI=1S/C24H31N3O2/c1-19(26-15-5-6-16-26)24-25-22-9-3-4-10-23(22)27(24)17-7-8-18-29-21-13-11-20(28-2)12-14-21/h3-4,9-14,19H,5-8,15-18H2,1-2H3. The average molecular weight is 394 g/mol. The van der Waals surface area contributed by atoms with E-state index in [9.17, 15) is 0 Å². The fourth-order valence-electron chi connectivity index (χ4n) is 4.17. The van der Waals surface area contributed by atoms with E-state index in [0.29, 0.717) is 6.04 Å². The van der Waals surface area contributed by atoms with E-state index in [4.69, 9.17) is 14.5 Å². The molecular formula is C24H31N3O2. The summed E-state index contributed by atoms with van der Waals surface area (Å²) < 4.78 is 13.5. The lowest BCUT2D eigenvalue weighted by atomic mass is 10.2. The van der Waals surface area contributed by atoms with Crippen molar-refractivity contribution >= 4 is 11.0 Å². The first-order valence-electron chi connectivity index (χ1n) is 10.7. The van der Waals surface area contributed by atoms with Crippen LogP contribution in [0.15, 0.2) is 48.5 Å². The van der Waals surface area contributed by atoms with Crippen molar-refractivity contribution in [2.75, 3.05) is 26.8 Å². The number of aromatic nitrogens is 2. The largest absolute Gasteiger partial charge is 0.497 e. The van der Waals surface area contributed by atoms with E-state index in [1.807, 2.05) is 24.3 Å². The van der Waals surface area contributed by atoms with E-state index in [1.165, 1.54) is 37.3 Å². The molecule has 3 aromatic rings. The van der Waals surface area contributed by atoms with Crippen LogP contribution in [0.1, 0.15) is 44.5 Å². The SMILES string of the molecule is COc1ccc(OCCCCn2c(C(C)N3CCCC3)nc3ccccc32)cc1. The fourth-order valence-corrected chi connectivity index (χ4v) is 4.17. The van der Waals surface area contributed by atoms with E-state index in [1.54, 1.807) is 7.11 Å². The van der Waals surface area contributed by atoms with Crippen LogP contribution in [0.25, 0.3) is 11.0 Å². The molecule has 1 unspecified atom stereocenters. The second-order valence-corrected chi connectivity index (χ2v) is 7.76. The van der Waals surface area contributed by atoms with Gasteiger partial charge in [0.25, 0.3) is 0 Å². The Balaban J connectivity index is 1.38. The van der Waals surface area contributed by atoms with Crippen molar-refractivity contribution in [3.8, 4) is 11.5 Å². The summed E-state index contributed by atoms with van der Waals surface area (Å²) in [6.45, 7) is 6.35. The second-order valence-electron chi connectivity index (χ2n) is 7.76. The second kappa shape index (κ2) is 9.31. The number of ether oxygens (including phenoxy) is 2. The molecule has 5 heteroatoms. The maximum absolute atomic E-state index is 5.88. The molecule has 29 heavy (non-hydrogen) atoms. The number of likely N-dealkylation sites (tertiary alicyclic amines) is 1. The monoisotopic (exact) mass is 393 g/mol. The maximum atomic E-state index is 5.88. The van der Waals surface area contributed by atoms with Crippen molar-refractivity contribution in [3.63, 3.8) is 0 Å². The normalized spacial score (nSPS) is 15.7. The van der Waals surface area contributed by atoms with Crippen LogP contribution in [-0.2, 0) is 6.54 Å². The lowest BCUT2D eigenvalue weighted by molar-refractivity contribution is 0.247. The highest BCUT2D eigenvalue weighted by atomic mass is 16.5. The molecule has 4 rings (SSSR count). The summed E-state index contributed by atoms with van der Waals surface area (Å²) in [5.41, 5.74) is 2.34. The van der Waals surface area contributed by atoms with Gasteiger partial charge in [-0.15, -0.1) is 0 Å². The zero-order chi connectivity index (χ0) is 20.1. The third-order valence-corrected chi connectivity index (χ3v) is 5.85. The number of methoxy groups -OCH3 is 1. The van der Waals surface area contributed by atoms with Gasteiger partial charge in [-0.25, -0.2) is 4.98 Å². The number of nitrogens with zero attached hydrogens (tertiary/aromatic N) is 3. The van der Waals surface area contributed by atoms with E-state index in [2.05, 4.69) is 40.7 Å². The molecule has 0 radical (unpaired) electrons. The molecule has 1 aliphatic heterocycles. The Bertz CT molecular complexity index is 914. The number of hydrogen-bond acceptors (Lipinski definition) is 4. The molecule has 1 fully saturated rings. The Labute approximate surface area is 173 Å². The van der Waals surface area contributed by atoms with Gasteiger partial charge in [0.05, 0.1) is 30.8 Å². The molecule has 5 nitrogen and oxygen atoms in total. The molecule has 0 bridgehead atoms. The fraction of sp³-hybridized carbons (Fsp3) is 0.458. The van der Waals surface area contributed by atoms with E-state index in [-0.39, 0.29) is 0 Å². The zero-order valence-electron chi connectivity index (χ0n) is 17.5. The van der Waals surface area contributed by atoms with Gasteiger partial charge < -0.3 is 14.0 Å². The highest BCUT2D eigenvalue weighted by molar-refractivity contribution is 5.76. The van der Waals surface area contributed by atoms with E-state index in [0.717, 1.165) is 43.0 Å². The van der Waals surface area contributed by atoms with Crippen molar-refractivity contribution in [2.45, 2.75) is 45.2 Å². The molecule has 1 atom stereocenters. The maximum Gasteiger partial charge on any atom is 0.127 e. The number of unbranched alkanes of at least 4 members (excludes halogenated alkanes) is 1. The summed E-state index contributed by atoms with van der Waals surface area (Å²) in [6.07, 6.45) is 4.67. The predicted molar refractivity (Wildman–Crippen MR) is 117 cm³/mol. The first-order chi connectivity index (χ1) is 14.3. The van der Waals surface area contributed by atoms with Crippen LogP contribution < -0.4 is 9.47 Å². The molecular weight excluding hydrogens is 362 g/mol. The van der Waals surface area contributed by atoms with Gasteiger partial charge in [0.2, 0.25) is 0 Å². The minimum atomic E-state index is 0.362. The van der Waals surface area contributed by atoms with Crippen molar-refractivity contribution in [2.24, 2.45) is 0 Å². The summed E-state index contributed by atoms with van der Waals surface area (Å²) >= 11 is 0. The first kappa shape index (κ1) is 19.8. The average Bonchev–Trinajstić information content (AvgIpc) is 3.42. The smallest absolute Gasteiger partial charge is 0.127 e. The van der Waals surface area contributed by atoms with Crippen LogP contribution in [0, 0.1) is 0 Å². The summed E-state index contributed by atoms with van der Waals surface area (Å²) in [4.78, 5) is 7.56. The molecule has 2 heterocycles. The Morgan fingerprint density at radius 3 is 2.45 bits per heavy atom. The molecule has 0 aliphatic carbocycles. The third-order valence-electron chi connectivity index (χ3n) is 5.85. The lowest BCUT2D eigenvalue weighted by Gasteiger charge is -2.24. The molecule has 1 aliphatic rings. The minimum absolute atomic E-state index is 0.362. The minimum Gasteiger partial charge on any atom is -0.497 e. The van der Waals surface area contributed by atoms with Crippen LogP contribution in [0.5, 0.6) is 11.5 Å². The number of para-hydroxylation sites is 2. The summed E-state index contributed by atoms with van der Waals surface area (Å²) in [5, 5.41) is 0. The molecule has 154 valence electrons. The number of fused-ring (bicyclic) bond motifs is 1. The van der Waals surface area contributed by atoms with Crippen LogP contribution in [0.3, 0.4) is 0 Å². The number of aryl methyl sites for hydroxylation is 1. The zero-order valence-corrected chi connectivity index (χ0v) is 17.5. The summed E-state index contributed by atoms with van der Waals surface area (Å²) in [6, 6.07) is 16.6. The van der Waals surface area contributed by atoms with Crippen molar-refractivity contribution in [1.82, 2.24) is 14.5 Å². The molecule has 0 N–H and O–H groups in total. The van der Waals surface area contributed by atoms with E-state index >= 15 is 0 Å². The summed E-state index contributed by atoms with van der Waals surface area (Å²) in [7, 11) is 1.68. The highest BCUT2D eigenvalue weighted by Crippen LogP contribution is 2.28. The topological polar surface area (TPSA) is 39.5 Å². The van der Waals surface area contributed by atoms with Crippen molar-refractivity contribution in [3.05, 3.63) is 54.4 Å². The van der Waals surface area contributed by atoms with Crippen LogP contribution >= 0.6 is 0 Å². The number of imidazole rings is 1. The molecule has 1 aromatic heterocycles. The van der Waals surface area contributed by atoms with Crippen molar-refractivity contribution < 1.29 is 9.47 Å². The van der Waals surface area contributed by atoms with Gasteiger partial charge in [-0.2, -0.15) is 0 Å². The molecule has 0 amide bonds. The number of hydrogen-bond donors (Lipinski definition) is 0. The van der Waals surface area contributed by atoms with Gasteiger partial charge in [-0.3, -0.25) is 4.90 Å². The van der Waals surface area contributed by atoms with Gasteiger partial charge in [0, 0.05) is 6.54 Å². The quantitative estimate of drug-likeness (QED) is 0.476. The van der Waals surface area contributed by atoms with Crippen LogP contribution in [-0.4, -0.2) is 41.3 Å². The first-order valence-corrected chi connectivity index (χ1v) is 10.7. The Morgan fingerprint density at radius 2 is 1.69 bits per heavy atom. The molecule has 1 saturated heterocycles. The van der Waals surface area contributed by atoms with Gasteiger partial charge >= 0.3 is 0 Å². The number of rotatable bonds is 9. The summed E-state index contributed by atoms with van der Waals surface area (Å²) in [5.74, 6) is 2.94. The van der Waals surface area contributed by atoms with Gasteiger partial charge in [-0.1, -0.05) is 12.1 Å². The Hall–Kier alpha value is -2.53. The van der Waals surface area contributed by atoms with Crippen LogP contribution in [0.2, 0.25) is 0 Å². The molecule has 0 spiro atoms. The third kappa shape index (κ3) is 4.56. The van der Waals surface area contributed by atoms with E-state index < -0.39 is 0 Å². The molecule has 2 aromatic carbocycles.